The van der Waals surface area contributed by atoms with Gasteiger partial charge in [-0.2, -0.15) is 0 Å². The maximum atomic E-state index is 12.6. The zero-order valence-corrected chi connectivity index (χ0v) is 12.2. The number of aliphatic hydroxyl groups is 1. The molecule has 1 aromatic heterocycles. The lowest BCUT2D eigenvalue weighted by Gasteiger charge is -2.20. The number of hydrogen-bond acceptors (Lipinski definition) is 2. The van der Waals surface area contributed by atoms with Gasteiger partial charge in [-0.3, -0.25) is 4.79 Å². The van der Waals surface area contributed by atoms with Crippen LogP contribution in [0.2, 0.25) is 10.0 Å². The molecule has 1 heterocycles. The third-order valence-electron chi connectivity index (χ3n) is 3.50. The molecule has 0 saturated heterocycles. The SMILES string of the molecule is O=C(c1[nH]c2ccc(Cl)cc2c1Cl)N(CCO)C1CC1. The van der Waals surface area contributed by atoms with E-state index in [9.17, 15) is 4.79 Å². The van der Waals surface area contributed by atoms with Crippen LogP contribution in [0.4, 0.5) is 0 Å². The molecule has 20 heavy (non-hydrogen) atoms. The van der Waals surface area contributed by atoms with Gasteiger partial charge in [-0.15, -0.1) is 0 Å². The second-order valence-electron chi connectivity index (χ2n) is 4.96. The zero-order valence-electron chi connectivity index (χ0n) is 10.7. The number of aliphatic hydroxyl groups excluding tert-OH is 1. The molecule has 3 rings (SSSR count). The lowest BCUT2D eigenvalue weighted by atomic mass is 10.2. The summed E-state index contributed by atoms with van der Waals surface area (Å²) in [5.74, 6) is -0.168. The molecule has 2 N–H and O–H groups in total. The average Bonchev–Trinajstić information content (AvgIpc) is 3.22. The number of nitrogens with one attached hydrogen (secondary N) is 1. The molecule has 4 nitrogen and oxygen atoms in total. The van der Waals surface area contributed by atoms with E-state index in [0.717, 1.165) is 23.7 Å². The molecule has 2 aromatic rings. The summed E-state index contributed by atoms with van der Waals surface area (Å²) in [6.07, 6.45) is 1.96. The molecular weight excluding hydrogens is 299 g/mol. The molecule has 0 bridgehead atoms. The molecule has 0 aliphatic heterocycles. The number of carbonyl (C=O) groups excluding carboxylic acids is 1. The van der Waals surface area contributed by atoms with E-state index in [1.54, 1.807) is 23.1 Å². The van der Waals surface area contributed by atoms with Crippen molar-refractivity contribution in [1.82, 2.24) is 9.88 Å². The topological polar surface area (TPSA) is 56.3 Å². The monoisotopic (exact) mass is 312 g/mol. The van der Waals surface area contributed by atoms with E-state index in [4.69, 9.17) is 28.3 Å². The van der Waals surface area contributed by atoms with Gasteiger partial charge in [-0.05, 0) is 31.0 Å². The van der Waals surface area contributed by atoms with Crippen LogP contribution in [0.25, 0.3) is 10.9 Å². The first-order chi connectivity index (χ1) is 9.61. The van der Waals surface area contributed by atoms with E-state index in [-0.39, 0.29) is 18.6 Å². The molecule has 1 aliphatic carbocycles. The van der Waals surface area contributed by atoms with E-state index in [2.05, 4.69) is 4.98 Å². The fourth-order valence-electron chi connectivity index (χ4n) is 2.37. The molecule has 0 spiro atoms. The standard InChI is InChI=1S/C14H14Cl2N2O2/c15-8-1-4-11-10(7-8)12(16)13(17-11)14(20)18(5-6-19)9-2-3-9/h1,4,7,9,17,19H,2-3,5-6H2. The van der Waals surface area contributed by atoms with Crippen molar-refractivity contribution in [3.63, 3.8) is 0 Å². The van der Waals surface area contributed by atoms with Crippen molar-refractivity contribution >= 4 is 40.0 Å². The highest BCUT2D eigenvalue weighted by atomic mass is 35.5. The minimum Gasteiger partial charge on any atom is -0.395 e. The highest BCUT2D eigenvalue weighted by molar-refractivity contribution is 6.39. The summed E-state index contributed by atoms with van der Waals surface area (Å²) < 4.78 is 0. The number of hydrogen-bond donors (Lipinski definition) is 2. The van der Waals surface area contributed by atoms with Gasteiger partial charge in [0.1, 0.15) is 5.69 Å². The highest BCUT2D eigenvalue weighted by Gasteiger charge is 2.34. The van der Waals surface area contributed by atoms with Crippen molar-refractivity contribution in [2.75, 3.05) is 13.2 Å². The van der Waals surface area contributed by atoms with Crippen molar-refractivity contribution in [1.29, 1.82) is 0 Å². The molecular formula is C14H14Cl2N2O2. The molecule has 106 valence electrons. The lowest BCUT2D eigenvalue weighted by Crippen LogP contribution is -2.35. The van der Waals surface area contributed by atoms with Crippen molar-refractivity contribution < 1.29 is 9.90 Å². The average molecular weight is 313 g/mol. The van der Waals surface area contributed by atoms with Crippen LogP contribution in [0.3, 0.4) is 0 Å². The molecule has 0 atom stereocenters. The summed E-state index contributed by atoms with van der Waals surface area (Å²) in [5, 5.41) is 10.8. The Labute approximate surface area is 126 Å². The minimum atomic E-state index is -0.168. The number of aromatic nitrogens is 1. The number of amides is 1. The molecule has 1 aromatic carbocycles. The van der Waals surface area contributed by atoms with Crippen LogP contribution in [-0.2, 0) is 0 Å². The Morgan fingerprint density at radius 1 is 1.40 bits per heavy atom. The second-order valence-corrected chi connectivity index (χ2v) is 5.77. The molecule has 0 radical (unpaired) electrons. The summed E-state index contributed by atoms with van der Waals surface area (Å²) in [6.45, 7) is 0.280. The summed E-state index contributed by atoms with van der Waals surface area (Å²) in [7, 11) is 0. The maximum absolute atomic E-state index is 12.6. The van der Waals surface area contributed by atoms with E-state index in [0.29, 0.717) is 22.3 Å². The Morgan fingerprint density at radius 2 is 2.15 bits per heavy atom. The van der Waals surface area contributed by atoms with E-state index < -0.39 is 0 Å². The van der Waals surface area contributed by atoms with Crippen LogP contribution in [0.15, 0.2) is 18.2 Å². The first-order valence-electron chi connectivity index (χ1n) is 6.50. The van der Waals surface area contributed by atoms with Gasteiger partial charge >= 0.3 is 0 Å². The van der Waals surface area contributed by atoms with Crippen LogP contribution >= 0.6 is 23.2 Å². The van der Waals surface area contributed by atoms with Gasteiger partial charge in [-0.1, -0.05) is 23.2 Å². The van der Waals surface area contributed by atoms with Crippen molar-refractivity contribution in [2.45, 2.75) is 18.9 Å². The number of fused-ring (bicyclic) bond motifs is 1. The Bertz CT molecular complexity index is 664. The van der Waals surface area contributed by atoms with Crippen molar-refractivity contribution in [3.05, 3.63) is 33.9 Å². The third-order valence-corrected chi connectivity index (χ3v) is 4.13. The molecule has 0 unspecified atom stereocenters. The molecule has 1 fully saturated rings. The fourth-order valence-corrected chi connectivity index (χ4v) is 2.82. The summed E-state index contributed by atoms with van der Waals surface area (Å²) in [6, 6.07) is 5.51. The lowest BCUT2D eigenvalue weighted by molar-refractivity contribution is 0.0703. The number of carbonyl (C=O) groups is 1. The minimum absolute atomic E-state index is 0.0497. The fraction of sp³-hybridized carbons (Fsp3) is 0.357. The Balaban J connectivity index is 2.00. The van der Waals surface area contributed by atoms with Gasteiger partial charge in [-0.25, -0.2) is 0 Å². The van der Waals surface area contributed by atoms with Gasteiger partial charge < -0.3 is 15.0 Å². The number of halogens is 2. The zero-order chi connectivity index (χ0) is 14.3. The van der Waals surface area contributed by atoms with E-state index in [1.807, 2.05) is 0 Å². The van der Waals surface area contributed by atoms with Crippen LogP contribution < -0.4 is 0 Å². The summed E-state index contributed by atoms with van der Waals surface area (Å²) in [4.78, 5) is 17.3. The van der Waals surface area contributed by atoms with Crippen LogP contribution in [0.1, 0.15) is 23.3 Å². The Hall–Kier alpha value is -1.23. The van der Waals surface area contributed by atoms with Gasteiger partial charge in [0.05, 0.1) is 11.6 Å². The van der Waals surface area contributed by atoms with Crippen LogP contribution in [-0.4, -0.2) is 40.1 Å². The number of benzene rings is 1. The van der Waals surface area contributed by atoms with Gasteiger partial charge in [0.15, 0.2) is 0 Å². The second kappa shape index (κ2) is 5.28. The summed E-state index contributed by atoms with van der Waals surface area (Å²) >= 11 is 12.2. The molecule has 1 aliphatic rings. The van der Waals surface area contributed by atoms with Crippen molar-refractivity contribution in [2.24, 2.45) is 0 Å². The maximum Gasteiger partial charge on any atom is 0.272 e. The van der Waals surface area contributed by atoms with Crippen LogP contribution in [0, 0.1) is 0 Å². The predicted octanol–water partition coefficient (Wildman–Crippen LogP) is 3.07. The quantitative estimate of drug-likeness (QED) is 0.911. The predicted molar refractivity (Wildman–Crippen MR) is 79.5 cm³/mol. The number of nitrogens with zero attached hydrogens (tertiary/aromatic N) is 1. The normalized spacial score (nSPS) is 14.8. The highest BCUT2D eigenvalue weighted by Crippen LogP contribution is 2.33. The van der Waals surface area contributed by atoms with E-state index >= 15 is 0 Å². The Kier molecular flexibility index (Phi) is 3.63. The van der Waals surface area contributed by atoms with Crippen molar-refractivity contribution in [3.8, 4) is 0 Å². The molecule has 6 heteroatoms. The van der Waals surface area contributed by atoms with Gasteiger partial charge in [0.2, 0.25) is 0 Å². The smallest absolute Gasteiger partial charge is 0.272 e. The Morgan fingerprint density at radius 3 is 2.80 bits per heavy atom. The molecule has 1 saturated carbocycles. The summed E-state index contributed by atoms with van der Waals surface area (Å²) in [5.41, 5.74) is 1.15. The van der Waals surface area contributed by atoms with Gasteiger partial charge in [0, 0.05) is 28.5 Å². The molecule has 1 amide bonds. The third kappa shape index (κ3) is 2.39. The number of rotatable bonds is 4. The van der Waals surface area contributed by atoms with Gasteiger partial charge in [0.25, 0.3) is 5.91 Å². The first-order valence-corrected chi connectivity index (χ1v) is 7.26. The van der Waals surface area contributed by atoms with Crippen LogP contribution in [0.5, 0.6) is 0 Å². The largest absolute Gasteiger partial charge is 0.395 e. The number of H-pyrrole nitrogens is 1. The number of aromatic amines is 1. The van der Waals surface area contributed by atoms with E-state index in [1.165, 1.54) is 0 Å². The first kappa shape index (κ1) is 13.7.